The number of benzene rings is 1. The van der Waals surface area contributed by atoms with Crippen LogP contribution in [0.1, 0.15) is 55.8 Å². The first-order chi connectivity index (χ1) is 12.4. The van der Waals surface area contributed by atoms with Crippen molar-refractivity contribution in [1.29, 1.82) is 0 Å². The number of hydrogen-bond acceptors (Lipinski definition) is 5. The molecule has 7 heteroatoms. The summed E-state index contributed by atoms with van der Waals surface area (Å²) in [6.45, 7) is 4.22. The standard InChI is InChI=1S/C19H28N4O3/c1-14-6-10-22(11-7-14)16-5-4-15(12-17(16)23(25)26)18(24)21-19(13-20)8-2-3-9-19/h4-5,12,14H,2-3,6-11,13,20H2,1H3,(H,21,24). The third-order valence-electron chi connectivity index (χ3n) is 5.89. The third-order valence-corrected chi connectivity index (χ3v) is 5.89. The van der Waals surface area contributed by atoms with Gasteiger partial charge in [-0.3, -0.25) is 14.9 Å². The van der Waals surface area contributed by atoms with Crippen LogP contribution in [0.15, 0.2) is 18.2 Å². The lowest BCUT2D eigenvalue weighted by atomic mass is 9.96. The molecule has 0 bridgehead atoms. The molecule has 2 aliphatic rings. The van der Waals surface area contributed by atoms with Crippen LogP contribution in [0.2, 0.25) is 0 Å². The van der Waals surface area contributed by atoms with Crippen LogP contribution in [0.5, 0.6) is 0 Å². The number of hydrogen-bond donors (Lipinski definition) is 2. The highest BCUT2D eigenvalue weighted by molar-refractivity contribution is 5.96. The lowest BCUT2D eigenvalue weighted by Gasteiger charge is -2.32. The van der Waals surface area contributed by atoms with Crippen LogP contribution in [-0.2, 0) is 0 Å². The number of nitrogens with zero attached hydrogens (tertiary/aromatic N) is 2. The Labute approximate surface area is 154 Å². The van der Waals surface area contributed by atoms with E-state index in [0.29, 0.717) is 23.7 Å². The number of anilines is 1. The normalized spacial score (nSPS) is 20.2. The molecule has 1 aromatic rings. The van der Waals surface area contributed by atoms with Gasteiger partial charge >= 0.3 is 0 Å². The zero-order valence-corrected chi connectivity index (χ0v) is 15.4. The number of rotatable bonds is 5. The molecule has 0 spiro atoms. The van der Waals surface area contributed by atoms with Crippen molar-refractivity contribution in [3.05, 3.63) is 33.9 Å². The smallest absolute Gasteiger partial charge is 0.293 e. The van der Waals surface area contributed by atoms with Crippen LogP contribution < -0.4 is 16.0 Å². The molecule has 1 amide bonds. The van der Waals surface area contributed by atoms with E-state index in [1.807, 2.05) is 0 Å². The fourth-order valence-electron chi connectivity index (χ4n) is 4.07. The fraction of sp³-hybridized carbons (Fsp3) is 0.632. The molecule has 1 aromatic carbocycles. The number of carbonyl (C=O) groups is 1. The lowest BCUT2D eigenvalue weighted by molar-refractivity contribution is -0.384. The van der Waals surface area contributed by atoms with Gasteiger partial charge in [-0.15, -0.1) is 0 Å². The molecular formula is C19H28N4O3. The van der Waals surface area contributed by atoms with Crippen LogP contribution in [0, 0.1) is 16.0 Å². The van der Waals surface area contributed by atoms with Crippen molar-refractivity contribution in [2.45, 2.75) is 51.0 Å². The average Bonchev–Trinajstić information content (AvgIpc) is 3.11. The van der Waals surface area contributed by atoms with Gasteiger partial charge in [0.05, 0.1) is 10.5 Å². The number of amides is 1. The third kappa shape index (κ3) is 3.82. The molecule has 0 aromatic heterocycles. The fourth-order valence-corrected chi connectivity index (χ4v) is 4.07. The van der Waals surface area contributed by atoms with E-state index in [-0.39, 0.29) is 17.1 Å². The number of nitro benzene ring substituents is 1. The molecule has 3 rings (SSSR count). The van der Waals surface area contributed by atoms with E-state index in [0.717, 1.165) is 51.6 Å². The summed E-state index contributed by atoms with van der Waals surface area (Å²) in [5.41, 5.74) is 6.44. The largest absolute Gasteiger partial charge is 0.366 e. The number of nitrogens with two attached hydrogens (primary N) is 1. The van der Waals surface area contributed by atoms with Crippen molar-refractivity contribution in [1.82, 2.24) is 5.32 Å². The van der Waals surface area contributed by atoms with Crippen molar-refractivity contribution in [2.75, 3.05) is 24.5 Å². The maximum Gasteiger partial charge on any atom is 0.293 e. The Kier molecular flexibility index (Phi) is 5.46. The molecule has 0 radical (unpaired) electrons. The highest BCUT2D eigenvalue weighted by Crippen LogP contribution is 2.33. The Morgan fingerprint density at radius 1 is 1.35 bits per heavy atom. The summed E-state index contributed by atoms with van der Waals surface area (Å²) in [5.74, 6) is 0.369. The van der Waals surface area contributed by atoms with Gasteiger partial charge in [-0.2, -0.15) is 0 Å². The van der Waals surface area contributed by atoms with E-state index in [2.05, 4.69) is 17.1 Å². The Balaban J connectivity index is 1.82. The molecule has 1 aliphatic heterocycles. The summed E-state index contributed by atoms with van der Waals surface area (Å²) in [7, 11) is 0. The monoisotopic (exact) mass is 360 g/mol. The Morgan fingerprint density at radius 3 is 2.58 bits per heavy atom. The van der Waals surface area contributed by atoms with Crippen LogP contribution in [0.4, 0.5) is 11.4 Å². The number of carbonyl (C=O) groups excluding carboxylic acids is 1. The van der Waals surface area contributed by atoms with Crippen LogP contribution in [0.3, 0.4) is 0 Å². The molecule has 1 aliphatic carbocycles. The number of piperidine rings is 1. The lowest BCUT2D eigenvalue weighted by Crippen LogP contribution is -2.51. The predicted molar refractivity (Wildman–Crippen MR) is 101 cm³/mol. The van der Waals surface area contributed by atoms with Crippen LogP contribution >= 0.6 is 0 Å². The molecule has 0 atom stereocenters. The van der Waals surface area contributed by atoms with E-state index < -0.39 is 4.92 Å². The Bertz CT molecular complexity index is 677. The topological polar surface area (TPSA) is 102 Å². The molecule has 7 nitrogen and oxygen atoms in total. The first-order valence-electron chi connectivity index (χ1n) is 9.50. The predicted octanol–water partition coefficient (Wildman–Crippen LogP) is 2.83. The second-order valence-electron chi connectivity index (χ2n) is 7.78. The average molecular weight is 360 g/mol. The molecule has 26 heavy (non-hydrogen) atoms. The Hall–Kier alpha value is -2.15. The second kappa shape index (κ2) is 7.61. The van der Waals surface area contributed by atoms with Gasteiger partial charge in [0.2, 0.25) is 0 Å². The SMILES string of the molecule is CC1CCN(c2ccc(C(=O)NC3(CN)CCCC3)cc2[N+](=O)[O-])CC1. The van der Waals surface area contributed by atoms with E-state index in [9.17, 15) is 14.9 Å². The quantitative estimate of drug-likeness (QED) is 0.621. The summed E-state index contributed by atoms with van der Waals surface area (Å²) < 4.78 is 0. The minimum absolute atomic E-state index is 0.000392. The van der Waals surface area contributed by atoms with Gasteiger partial charge in [-0.25, -0.2) is 0 Å². The molecule has 3 N–H and O–H groups in total. The van der Waals surface area contributed by atoms with Gasteiger partial charge in [0.25, 0.3) is 11.6 Å². The second-order valence-corrected chi connectivity index (χ2v) is 7.78. The van der Waals surface area contributed by atoms with Gasteiger partial charge < -0.3 is 16.0 Å². The van der Waals surface area contributed by atoms with E-state index in [1.54, 1.807) is 12.1 Å². The summed E-state index contributed by atoms with van der Waals surface area (Å²) >= 11 is 0. The van der Waals surface area contributed by atoms with Gasteiger partial charge in [0.15, 0.2) is 0 Å². The van der Waals surface area contributed by atoms with Gasteiger partial charge in [0, 0.05) is 31.3 Å². The molecular weight excluding hydrogens is 332 g/mol. The molecule has 1 saturated heterocycles. The summed E-state index contributed by atoms with van der Waals surface area (Å²) in [4.78, 5) is 25.9. The minimum Gasteiger partial charge on any atom is -0.366 e. The van der Waals surface area contributed by atoms with Crippen LogP contribution in [-0.4, -0.2) is 36.0 Å². The van der Waals surface area contributed by atoms with E-state index >= 15 is 0 Å². The van der Waals surface area contributed by atoms with Crippen molar-refractivity contribution >= 4 is 17.3 Å². The minimum atomic E-state index is -0.390. The summed E-state index contributed by atoms with van der Waals surface area (Å²) in [6.07, 6.45) is 5.87. The van der Waals surface area contributed by atoms with Gasteiger partial charge in [-0.05, 0) is 43.7 Å². The molecule has 1 heterocycles. The van der Waals surface area contributed by atoms with E-state index in [4.69, 9.17) is 5.73 Å². The highest BCUT2D eigenvalue weighted by atomic mass is 16.6. The van der Waals surface area contributed by atoms with Crippen LogP contribution in [0.25, 0.3) is 0 Å². The number of nitrogens with one attached hydrogen (secondary N) is 1. The van der Waals surface area contributed by atoms with Gasteiger partial charge in [0.1, 0.15) is 5.69 Å². The zero-order chi connectivity index (χ0) is 18.7. The maximum atomic E-state index is 12.7. The first kappa shape index (κ1) is 18.6. The van der Waals surface area contributed by atoms with E-state index in [1.165, 1.54) is 6.07 Å². The Morgan fingerprint density at radius 2 is 2.00 bits per heavy atom. The number of nitro groups is 1. The highest BCUT2D eigenvalue weighted by Gasteiger charge is 2.34. The maximum absolute atomic E-state index is 12.7. The van der Waals surface area contributed by atoms with Crippen molar-refractivity contribution in [2.24, 2.45) is 11.7 Å². The van der Waals surface area contributed by atoms with Crippen molar-refractivity contribution in [3.63, 3.8) is 0 Å². The molecule has 142 valence electrons. The van der Waals surface area contributed by atoms with Crippen molar-refractivity contribution in [3.8, 4) is 0 Å². The first-order valence-corrected chi connectivity index (χ1v) is 9.50. The van der Waals surface area contributed by atoms with Crippen molar-refractivity contribution < 1.29 is 9.72 Å². The zero-order valence-electron chi connectivity index (χ0n) is 15.4. The summed E-state index contributed by atoms with van der Waals surface area (Å²) in [5, 5.41) is 14.6. The summed E-state index contributed by atoms with van der Waals surface area (Å²) in [6, 6.07) is 4.81. The van der Waals surface area contributed by atoms with Gasteiger partial charge in [-0.1, -0.05) is 19.8 Å². The molecule has 0 unspecified atom stereocenters. The molecule has 2 fully saturated rings. The molecule has 1 saturated carbocycles.